The maximum atomic E-state index is 4.73. The van der Waals surface area contributed by atoms with Crippen molar-refractivity contribution in [2.75, 3.05) is 34.3 Å². The Morgan fingerprint density at radius 2 is 2.00 bits per heavy atom. The van der Waals surface area contributed by atoms with Gasteiger partial charge in [0.2, 0.25) is 0 Å². The van der Waals surface area contributed by atoms with Crippen LogP contribution in [0.2, 0.25) is 0 Å². The molecule has 0 aliphatic heterocycles. The Kier molecular flexibility index (Phi) is 4.03. The molecule has 3 heteroatoms. The molecule has 0 heterocycles. The van der Waals surface area contributed by atoms with Gasteiger partial charge in [-0.2, -0.15) is 0 Å². The van der Waals surface area contributed by atoms with Gasteiger partial charge in [-0.3, -0.25) is 0 Å². The van der Waals surface area contributed by atoms with Crippen LogP contribution < -0.4 is 0 Å². The molecule has 10 heavy (non-hydrogen) atoms. The van der Waals surface area contributed by atoms with Gasteiger partial charge >= 0.3 is 0 Å². The topological polar surface area (TPSA) is 21.6 Å². The fraction of sp³-hybridized carbons (Fsp3) is 0.857. The third-order valence-electron chi connectivity index (χ3n) is 1.16. The molecule has 0 rings (SSSR count). The van der Waals surface area contributed by atoms with Gasteiger partial charge in [-0.15, -0.1) is 5.16 Å². The minimum atomic E-state index is 0.680. The lowest BCUT2D eigenvalue weighted by Crippen LogP contribution is -2.35. The van der Waals surface area contributed by atoms with Crippen LogP contribution in [0.15, 0.2) is 5.16 Å². The molecule has 0 aliphatic carbocycles. The molecule has 0 N–H and O–H groups in total. The van der Waals surface area contributed by atoms with E-state index in [9.17, 15) is 0 Å². The predicted molar refractivity (Wildman–Crippen MR) is 43.0 cm³/mol. The lowest BCUT2D eigenvalue weighted by Gasteiger charge is -2.23. The van der Waals surface area contributed by atoms with E-state index < -0.39 is 0 Å². The minimum Gasteiger partial charge on any atom is -0.396 e. The Bertz CT molecular complexity index is 96.3. The molecule has 0 bridgehead atoms. The van der Waals surface area contributed by atoms with Crippen LogP contribution >= 0.6 is 0 Å². The van der Waals surface area contributed by atoms with Gasteiger partial charge in [0.15, 0.2) is 0 Å². The van der Waals surface area contributed by atoms with E-state index in [-0.39, 0.29) is 0 Å². The zero-order valence-corrected chi connectivity index (χ0v) is 7.13. The van der Waals surface area contributed by atoms with Gasteiger partial charge in [-0.05, 0) is 0 Å². The number of rotatable bonds is 5. The highest BCUT2D eigenvalue weighted by Crippen LogP contribution is 1.93. The first kappa shape index (κ1) is 9.43. The Labute approximate surface area is 62.9 Å². The monoisotopic (exact) mass is 145 g/mol. The van der Waals surface area contributed by atoms with E-state index >= 15 is 0 Å². The minimum absolute atomic E-state index is 0.680. The van der Waals surface area contributed by atoms with Crippen LogP contribution in [0.5, 0.6) is 0 Å². The zero-order chi connectivity index (χ0) is 8.04. The molecule has 0 amide bonds. The van der Waals surface area contributed by atoms with Gasteiger partial charge in [-0.1, -0.05) is 0 Å². The number of quaternary nitrogens is 1. The third-order valence-corrected chi connectivity index (χ3v) is 1.16. The smallest absolute Gasteiger partial charge is 0.122 e. The summed E-state index contributed by atoms with van der Waals surface area (Å²) in [4.78, 5) is 4.73. The third kappa shape index (κ3) is 7.43. The fourth-order valence-electron chi connectivity index (χ4n) is 0.668. The molecule has 0 radical (unpaired) electrons. The van der Waals surface area contributed by atoms with Gasteiger partial charge < -0.3 is 9.32 Å². The highest BCUT2D eigenvalue weighted by atomic mass is 16.6. The summed E-state index contributed by atoms with van der Waals surface area (Å²) in [6, 6.07) is 0. The second-order valence-electron chi connectivity index (χ2n) is 3.33. The van der Waals surface area contributed by atoms with Crippen LogP contribution in [0.3, 0.4) is 0 Å². The number of oxime groups is 1. The van der Waals surface area contributed by atoms with Crippen molar-refractivity contribution < 1.29 is 9.32 Å². The molecule has 0 unspecified atom stereocenters. The molecule has 3 nitrogen and oxygen atoms in total. The summed E-state index contributed by atoms with van der Waals surface area (Å²) in [7, 11) is 6.46. The average molecular weight is 145 g/mol. The maximum Gasteiger partial charge on any atom is 0.122 e. The second-order valence-corrected chi connectivity index (χ2v) is 3.33. The van der Waals surface area contributed by atoms with Gasteiger partial charge in [0.05, 0.1) is 27.7 Å². The van der Waals surface area contributed by atoms with E-state index in [1.165, 1.54) is 0 Å². The van der Waals surface area contributed by atoms with Gasteiger partial charge in [0.25, 0.3) is 0 Å². The molecule has 0 fully saturated rings. The van der Waals surface area contributed by atoms with Crippen molar-refractivity contribution in [2.24, 2.45) is 5.16 Å². The largest absolute Gasteiger partial charge is 0.396 e. The van der Waals surface area contributed by atoms with Crippen LogP contribution in [-0.4, -0.2) is 45.5 Å². The van der Waals surface area contributed by atoms with Crippen LogP contribution in [0.1, 0.15) is 6.42 Å². The van der Waals surface area contributed by atoms with E-state index in [0.29, 0.717) is 6.61 Å². The van der Waals surface area contributed by atoms with E-state index in [4.69, 9.17) is 4.84 Å². The molecule has 60 valence electrons. The highest BCUT2D eigenvalue weighted by molar-refractivity contribution is 5.21. The van der Waals surface area contributed by atoms with Crippen molar-refractivity contribution in [1.82, 2.24) is 0 Å². The summed E-state index contributed by atoms with van der Waals surface area (Å²) < 4.78 is 0.973. The Balaban J connectivity index is 3.12. The molecule has 0 aromatic rings. The SMILES string of the molecule is C=NOCCC[N+](C)(C)C. The van der Waals surface area contributed by atoms with Gasteiger partial charge in [-0.25, -0.2) is 0 Å². The lowest BCUT2D eigenvalue weighted by molar-refractivity contribution is -0.870. The quantitative estimate of drug-likeness (QED) is 0.242. The summed E-state index contributed by atoms with van der Waals surface area (Å²) >= 11 is 0. The fourth-order valence-corrected chi connectivity index (χ4v) is 0.668. The first-order valence-electron chi connectivity index (χ1n) is 3.45. The van der Waals surface area contributed by atoms with Crippen molar-refractivity contribution in [3.05, 3.63) is 0 Å². The molecular weight excluding hydrogens is 128 g/mol. The van der Waals surface area contributed by atoms with E-state index in [0.717, 1.165) is 17.4 Å². The lowest BCUT2D eigenvalue weighted by atomic mass is 10.4. The van der Waals surface area contributed by atoms with Crippen molar-refractivity contribution in [3.63, 3.8) is 0 Å². The van der Waals surface area contributed by atoms with E-state index in [2.05, 4.69) is 33.0 Å². The predicted octanol–water partition coefficient (Wildman–Crippen LogP) is 0.715. The number of hydrogen-bond acceptors (Lipinski definition) is 2. The summed E-state index contributed by atoms with van der Waals surface area (Å²) in [5.41, 5.74) is 0. The molecule has 0 atom stereocenters. The van der Waals surface area contributed by atoms with Crippen LogP contribution in [-0.2, 0) is 4.84 Å². The molecule has 0 saturated heterocycles. The Morgan fingerprint density at radius 1 is 1.40 bits per heavy atom. The Morgan fingerprint density at radius 3 is 2.40 bits per heavy atom. The maximum absolute atomic E-state index is 4.73. The molecule has 0 aromatic carbocycles. The van der Waals surface area contributed by atoms with Crippen molar-refractivity contribution in [3.8, 4) is 0 Å². The van der Waals surface area contributed by atoms with Crippen molar-refractivity contribution in [2.45, 2.75) is 6.42 Å². The standard InChI is InChI=1S/C7H17N2O/c1-8-10-7-5-6-9(2,3)4/h1,5-7H2,2-4H3/q+1. The van der Waals surface area contributed by atoms with Crippen LogP contribution in [0.25, 0.3) is 0 Å². The normalized spacial score (nSPS) is 11.1. The zero-order valence-electron chi connectivity index (χ0n) is 7.13. The number of nitrogens with zero attached hydrogens (tertiary/aromatic N) is 2. The summed E-state index contributed by atoms with van der Waals surface area (Å²) in [6.45, 7) is 5.00. The molecular formula is C7H17N2O+. The second kappa shape index (κ2) is 4.28. The van der Waals surface area contributed by atoms with Crippen LogP contribution in [0.4, 0.5) is 0 Å². The first-order chi connectivity index (χ1) is 4.56. The van der Waals surface area contributed by atoms with E-state index in [1.807, 2.05) is 0 Å². The average Bonchev–Trinajstić information content (AvgIpc) is 1.78. The number of hydrogen-bond donors (Lipinski definition) is 0. The molecule has 0 aromatic heterocycles. The van der Waals surface area contributed by atoms with Gasteiger partial charge in [0, 0.05) is 13.1 Å². The van der Waals surface area contributed by atoms with Crippen molar-refractivity contribution >= 4 is 6.72 Å². The summed E-state index contributed by atoms with van der Waals surface area (Å²) in [6.07, 6.45) is 1.03. The Hall–Kier alpha value is -0.570. The molecule has 0 saturated carbocycles. The molecule has 0 aliphatic rings. The highest BCUT2D eigenvalue weighted by Gasteiger charge is 2.04. The molecule has 0 spiro atoms. The summed E-state index contributed by atoms with van der Waals surface area (Å²) in [5, 5.41) is 3.30. The first-order valence-corrected chi connectivity index (χ1v) is 3.45. The van der Waals surface area contributed by atoms with Crippen LogP contribution in [0, 0.1) is 0 Å². The van der Waals surface area contributed by atoms with Crippen molar-refractivity contribution in [1.29, 1.82) is 0 Å². The van der Waals surface area contributed by atoms with E-state index in [1.54, 1.807) is 0 Å². The van der Waals surface area contributed by atoms with Gasteiger partial charge in [0.1, 0.15) is 6.61 Å². The summed E-state index contributed by atoms with van der Waals surface area (Å²) in [5.74, 6) is 0.